The van der Waals surface area contributed by atoms with Crippen LogP contribution < -0.4 is 10.1 Å². The smallest absolute Gasteiger partial charge is 0.220 e. The number of carbonyl (C=O) groups excluding carboxylic acids is 1. The molecule has 124 valence electrons. The molecular weight excluding hydrogens is 300 g/mol. The maximum Gasteiger partial charge on any atom is 0.220 e. The second-order valence-electron chi connectivity index (χ2n) is 5.72. The summed E-state index contributed by atoms with van der Waals surface area (Å²) >= 11 is 0. The molecule has 2 aromatic carbocycles. The van der Waals surface area contributed by atoms with Crippen LogP contribution in [0.3, 0.4) is 0 Å². The maximum atomic E-state index is 11.9. The van der Waals surface area contributed by atoms with Crippen molar-refractivity contribution in [3.63, 3.8) is 0 Å². The van der Waals surface area contributed by atoms with Gasteiger partial charge in [-0.1, -0.05) is 36.4 Å². The highest BCUT2D eigenvalue weighted by Gasteiger charge is 2.06. The fourth-order valence-corrected chi connectivity index (χ4v) is 2.68. The number of fused-ring (bicyclic) bond motifs is 1. The van der Waals surface area contributed by atoms with Gasteiger partial charge < -0.3 is 15.0 Å². The average molecular weight is 322 g/mol. The molecule has 0 atom stereocenters. The summed E-state index contributed by atoms with van der Waals surface area (Å²) in [5.74, 6) is 0.947. The Bertz CT molecular complexity index is 780. The monoisotopic (exact) mass is 322 g/mol. The molecule has 0 aliphatic rings. The van der Waals surface area contributed by atoms with Crippen LogP contribution in [0.5, 0.6) is 5.75 Å². The lowest BCUT2D eigenvalue weighted by Gasteiger charge is -2.07. The van der Waals surface area contributed by atoms with Gasteiger partial charge in [0.25, 0.3) is 0 Å². The predicted molar refractivity (Wildman–Crippen MR) is 96.2 cm³/mol. The van der Waals surface area contributed by atoms with Crippen LogP contribution in [0.15, 0.2) is 60.8 Å². The first-order valence-corrected chi connectivity index (χ1v) is 8.32. The molecule has 0 aliphatic heterocycles. The number of aryl methyl sites for hydroxylation is 1. The van der Waals surface area contributed by atoms with Crippen LogP contribution in [0.2, 0.25) is 0 Å². The zero-order chi connectivity index (χ0) is 16.6. The Morgan fingerprint density at radius 3 is 2.71 bits per heavy atom. The van der Waals surface area contributed by atoms with Crippen molar-refractivity contribution in [2.24, 2.45) is 0 Å². The Hall–Kier alpha value is -2.75. The van der Waals surface area contributed by atoms with Gasteiger partial charge in [0.1, 0.15) is 5.75 Å². The summed E-state index contributed by atoms with van der Waals surface area (Å²) in [6, 6.07) is 17.9. The highest BCUT2D eigenvalue weighted by molar-refractivity contribution is 5.84. The van der Waals surface area contributed by atoms with Crippen molar-refractivity contribution in [2.45, 2.75) is 19.3 Å². The minimum Gasteiger partial charge on any atom is -0.494 e. The number of hydrogen-bond acceptors (Lipinski definition) is 2. The van der Waals surface area contributed by atoms with Crippen molar-refractivity contribution in [1.29, 1.82) is 0 Å². The molecule has 1 aromatic heterocycles. The lowest BCUT2D eigenvalue weighted by molar-refractivity contribution is -0.121. The van der Waals surface area contributed by atoms with Crippen LogP contribution in [-0.2, 0) is 11.2 Å². The molecule has 0 saturated heterocycles. The van der Waals surface area contributed by atoms with Crippen LogP contribution in [0, 0.1) is 0 Å². The van der Waals surface area contributed by atoms with Gasteiger partial charge in [-0.25, -0.2) is 0 Å². The van der Waals surface area contributed by atoms with Crippen LogP contribution in [-0.4, -0.2) is 24.0 Å². The number of aromatic nitrogens is 1. The van der Waals surface area contributed by atoms with E-state index >= 15 is 0 Å². The third kappa shape index (κ3) is 4.38. The van der Waals surface area contributed by atoms with Gasteiger partial charge in [0, 0.05) is 30.1 Å². The van der Waals surface area contributed by atoms with Gasteiger partial charge in [0.2, 0.25) is 5.91 Å². The molecule has 0 bridgehead atoms. The van der Waals surface area contributed by atoms with E-state index in [1.165, 1.54) is 10.9 Å². The number of ether oxygens (including phenoxy) is 1. The highest BCUT2D eigenvalue weighted by Crippen LogP contribution is 2.18. The molecule has 4 heteroatoms. The van der Waals surface area contributed by atoms with Gasteiger partial charge in [0.15, 0.2) is 0 Å². The Labute approximate surface area is 141 Å². The van der Waals surface area contributed by atoms with Crippen molar-refractivity contribution in [1.82, 2.24) is 10.3 Å². The van der Waals surface area contributed by atoms with Gasteiger partial charge in [-0.3, -0.25) is 4.79 Å². The Kier molecular flexibility index (Phi) is 5.51. The van der Waals surface area contributed by atoms with Gasteiger partial charge in [-0.15, -0.1) is 0 Å². The molecule has 24 heavy (non-hydrogen) atoms. The van der Waals surface area contributed by atoms with E-state index in [2.05, 4.69) is 16.4 Å². The molecule has 3 aromatic rings. The van der Waals surface area contributed by atoms with E-state index in [9.17, 15) is 4.79 Å². The largest absolute Gasteiger partial charge is 0.494 e. The number of aromatic amines is 1. The van der Waals surface area contributed by atoms with E-state index in [0.29, 0.717) is 19.6 Å². The number of nitrogens with one attached hydrogen (secondary N) is 2. The van der Waals surface area contributed by atoms with Crippen LogP contribution >= 0.6 is 0 Å². The molecule has 0 radical (unpaired) electrons. The predicted octanol–water partition coefficient (Wildman–Crippen LogP) is 3.69. The quantitative estimate of drug-likeness (QED) is 0.622. The third-order valence-corrected chi connectivity index (χ3v) is 3.95. The minimum absolute atomic E-state index is 0.0833. The van der Waals surface area contributed by atoms with Crippen molar-refractivity contribution < 1.29 is 9.53 Å². The molecule has 0 saturated carbocycles. The summed E-state index contributed by atoms with van der Waals surface area (Å²) in [4.78, 5) is 15.2. The number of para-hydroxylation sites is 2. The first kappa shape index (κ1) is 16.1. The van der Waals surface area contributed by atoms with Gasteiger partial charge in [-0.05, 0) is 36.6 Å². The molecule has 1 amide bonds. The number of rotatable bonds is 8. The molecule has 4 nitrogen and oxygen atoms in total. The second kappa shape index (κ2) is 8.20. The zero-order valence-corrected chi connectivity index (χ0v) is 13.6. The van der Waals surface area contributed by atoms with Gasteiger partial charge >= 0.3 is 0 Å². The number of H-pyrrole nitrogens is 1. The third-order valence-electron chi connectivity index (χ3n) is 3.95. The van der Waals surface area contributed by atoms with E-state index < -0.39 is 0 Å². The number of amides is 1. The standard InChI is InChI=1S/C20H22N2O2/c23-20(21-13-6-14-24-17-7-2-1-3-8-17)12-11-16-15-22-19-10-5-4-9-18(16)19/h1-5,7-10,15,22H,6,11-14H2,(H,21,23). The summed E-state index contributed by atoms with van der Waals surface area (Å²) in [5.41, 5.74) is 2.30. The molecular formula is C20H22N2O2. The number of carbonyl (C=O) groups is 1. The SMILES string of the molecule is O=C(CCc1c[nH]c2ccccc12)NCCCOc1ccccc1. The fourth-order valence-electron chi connectivity index (χ4n) is 2.68. The molecule has 0 unspecified atom stereocenters. The van der Waals surface area contributed by atoms with E-state index in [4.69, 9.17) is 4.74 Å². The lowest BCUT2D eigenvalue weighted by Crippen LogP contribution is -2.25. The van der Waals surface area contributed by atoms with Gasteiger partial charge in [0.05, 0.1) is 6.61 Å². The van der Waals surface area contributed by atoms with Crippen LogP contribution in [0.4, 0.5) is 0 Å². The summed E-state index contributed by atoms with van der Waals surface area (Å²) in [5, 5.41) is 4.15. The summed E-state index contributed by atoms with van der Waals surface area (Å²) in [6.45, 7) is 1.24. The number of hydrogen-bond donors (Lipinski definition) is 2. The summed E-state index contributed by atoms with van der Waals surface area (Å²) in [6.07, 6.45) is 4.04. The van der Waals surface area contributed by atoms with Gasteiger partial charge in [-0.2, -0.15) is 0 Å². The maximum absolute atomic E-state index is 11.9. The molecule has 0 aliphatic carbocycles. The highest BCUT2D eigenvalue weighted by atomic mass is 16.5. The first-order valence-electron chi connectivity index (χ1n) is 8.32. The van der Waals surface area contributed by atoms with E-state index in [-0.39, 0.29) is 5.91 Å². The lowest BCUT2D eigenvalue weighted by atomic mass is 10.1. The van der Waals surface area contributed by atoms with Crippen LogP contribution in [0.1, 0.15) is 18.4 Å². The van der Waals surface area contributed by atoms with Crippen molar-refractivity contribution >= 4 is 16.8 Å². The van der Waals surface area contributed by atoms with Crippen molar-refractivity contribution in [2.75, 3.05) is 13.2 Å². The van der Waals surface area contributed by atoms with E-state index in [1.807, 2.05) is 54.7 Å². The fraction of sp³-hybridized carbons (Fsp3) is 0.250. The molecule has 3 rings (SSSR count). The average Bonchev–Trinajstić information content (AvgIpc) is 3.04. The Morgan fingerprint density at radius 1 is 1.04 bits per heavy atom. The zero-order valence-electron chi connectivity index (χ0n) is 13.6. The molecule has 1 heterocycles. The van der Waals surface area contributed by atoms with E-state index in [0.717, 1.165) is 24.1 Å². The topological polar surface area (TPSA) is 54.1 Å². The second-order valence-corrected chi connectivity index (χ2v) is 5.72. The van der Waals surface area contributed by atoms with Crippen molar-refractivity contribution in [3.05, 3.63) is 66.4 Å². The van der Waals surface area contributed by atoms with Crippen molar-refractivity contribution in [3.8, 4) is 5.75 Å². The van der Waals surface area contributed by atoms with Crippen LogP contribution in [0.25, 0.3) is 10.9 Å². The minimum atomic E-state index is 0.0833. The molecule has 0 spiro atoms. The first-order chi connectivity index (χ1) is 11.8. The van der Waals surface area contributed by atoms with E-state index in [1.54, 1.807) is 0 Å². The normalized spacial score (nSPS) is 10.7. The Morgan fingerprint density at radius 2 is 1.83 bits per heavy atom. The molecule has 2 N–H and O–H groups in total. The number of benzene rings is 2. The summed E-state index contributed by atoms with van der Waals surface area (Å²) < 4.78 is 5.60. The molecule has 0 fully saturated rings. The summed E-state index contributed by atoms with van der Waals surface area (Å²) in [7, 11) is 0. The Balaban J connectivity index is 1.34.